The lowest BCUT2D eigenvalue weighted by atomic mass is 10.2. The number of carbonyl (C=O) groups is 2. The number of hydrogen-bond donors (Lipinski definition) is 1. The lowest BCUT2D eigenvalue weighted by Crippen LogP contribution is -2.36. The number of hydrogen-bond acceptors (Lipinski definition) is 4. The fraction of sp³-hybridized carbons (Fsp3) is 0.263. The summed E-state index contributed by atoms with van der Waals surface area (Å²) in [6.45, 7) is 3.07. The number of esters is 1. The molecule has 0 saturated heterocycles. The van der Waals surface area contributed by atoms with Crippen molar-refractivity contribution < 1.29 is 27.8 Å². The van der Waals surface area contributed by atoms with Gasteiger partial charge in [-0.1, -0.05) is 25.1 Å². The first-order chi connectivity index (χ1) is 12.4. The topological polar surface area (TPSA) is 64.6 Å². The molecule has 0 bridgehead atoms. The summed E-state index contributed by atoms with van der Waals surface area (Å²) < 4.78 is 37.4. The highest BCUT2D eigenvalue weighted by molar-refractivity contribution is 5.95. The summed E-state index contributed by atoms with van der Waals surface area (Å²) in [7, 11) is 0. The van der Waals surface area contributed by atoms with Crippen LogP contribution in [-0.4, -0.2) is 24.1 Å². The smallest absolute Gasteiger partial charge is 0.348 e. The summed E-state index contributed by atoms with van der Waals surface area (Å²) >= 11 is 0. The van der Waals surface area contributed by atoms with Crippen molar-refractivity contribution in [1.82, 2.24) is 0 Å². The normalized spacial score (nSPS) is 12.8. The number of para-hydroxylation sites is 1. The molecule has 26 heavy (non-hydrogen) atoms. The molecule has 2 aromatic carbocycles. The molecule has 0 saturated carbocycles. The molecule has 0 fully saturated rings. The number of benzene rings is 2. The van der Waals surface area contributed by atoms with E-state index in [1.54, 1.807) is 31.2 Å². The third kappa shape index (κ3) is 5.27. The molecular weight excluding hydrogens is 344 g/mol. The van der Waals surface area contributed by atoms with Crippen molar-refractivity contribution in [3.05, 3.63) is 60.2 Å². The molecular formula is C19H19F2NO4. The molecule has 0 heterocycles. The van der Waals surface area contributed by atoms with Crippen molar-refractivity contribution in [1.29, 1.82) is 0 Å². The Labute approximate surface area is 149 Å². The van der Waals surface area contributed by atoms with Gasteiger partial charge in [-0.15, -0.1) is 0 Å². The molecule has 2 aromatic rings. The monoisotopic (exact) mass is 363 g/mol. The first-order valence-electron chi connectivity index (χ1n) is 8.08. The molecule has 0 aromatic heterocycles. The Morgan fingerprint density at radius 2 is 1.81 bits per heavy atom. The van der Waals surface area contributed by atoms with Gasteiger partial charge in [-0.2, -0.15) is 0 Å². The van der Waals surface area contributed by atoms with Crippen LogP contribution < -0.4 is 10.1 Å². The first-order valence-corrected chi connectivity index (χ1v) is 8.08. The Hall–Kier alpha value is -2.96. The molecule has 138 valence electrons. The predicted molar refractivity (Wildman–Crippen MR) is 91.7 cm³/mol. The van der Waals surface area contributed by atoms with E-state index in [0.29, 0.717) is 12.2 Å². The fourth-order valence-corrected chi connectivity index (χ4v) is 2.09. The van der Waals surface area contributed by atoms with Gasteiger partial charge in [-0.05, 0) is 37.6 Å². The second-order valence-electron chi connectivity index (χ2n) is 5.52. The van der Waals surface area contributed by atoms with Gasteiger partial charge in [-0.3, -0.25) is 4.79 Å². The second kappa shape index (κ2) is 8.94. The van der Waals surface area contributed by atoms with Crippen molar-refractivity contribution in [3.8, 4) is 5.75 Å². The third-order valence-corrected chi connectivity index (χ3v) is 3.50. The Morgan fingerprint density at radius 3 is 2.46 bits per heavy atom. The highest BCUT2D eigenvalue weighted by Gasteiger charge is 2.26. The van der Waals surface area contributed by atoms with E-state index in [9.17, 15) is 18.4 Å². The Bertz CT molecular complexity index is 767. The molecule has 0 unspecified atom stereocenters. The van der Waals surface area contributed by atoms with Crippen LogP contribution in [0, 0.1) is 11.6 Å². The fourth-order valence-electron chi connectivity index (χ4n) is 2.09. The predicted octanol–water partition coefficient (Wildman–Crippen LogP) is 3.69. The molecule has 1 amide bonds. The van der Waals surface area contributed by atoms with E-state index in [2.05, 4.69) is 5.32 Å². The highest BCUT2D eigenvalue weighted by Crippen LogP contribution is 2.17. The molecule has 2 rings (SSSR count). The molecule has 0 spiro atoms. The molecule has 1 N–H and O–H groups in total. The summed E-state index contributed by atoms with van der Waals surface area (Å²) in [5.74, 6) is -2.50. The highest BCUT2D eigenvalue weighted by atomic mass is 19.1. The minimum Gasteiger partial charge on any atom is -0.479 e. The van der Waals surface area contributed by atoms with E-state index in [4.69, 9.17) is 9.47 Å². The Balaban J connectivity index is 1.96. The van der Waals surface area contributed by atoms with Crippen LogP contribution in [0.5, 0.6) is 5.75 Å². The average molecular weight is 363 g/mol. The first kappa shape index (κ1) is 19.4. The van der Waals surface area contributed by atoms with Crippen LogP contribution >= 0.6 is 0 Å². The molecule has 0 radical (unpaired) electrons. The summed E-state index contributed by atoms with van der Waals surface area (Å²) in [4.78, 5) is 24.3. The van der Waals surface area contributed by atoms with Gasteiger partial charge in [0.1, 0.15) is 17.4 Å². The zero-order chi connectivity index (χ0) is 19.1. The minimum absolute atomic E-state index is 0.328. The van der Waals surface area contributed by atoms with Gasteiger partial charge in [0.25, 0.3) is 5.91 Å². The van der Waals surface area contributed by atoms with Gasteiger partial charge in [-0.25, -0.2) is 13.6 Å². The summed E-state index contributed by atoms with van der Waals surface area (Å²) in [5.41, 5.74) is -0.328. The number of halogens is 2. The van der Waals surface area contributed by atoms with Crippen LogP contribution in [0.15, 0.2) is 48.5 Å². The lowest BCUT2D eigenvalue weighted by molar-refractivity contribution is -0.160. The van der Waals surface area contributed by atoms with Crippen LogP contribution in [0.1, 0.15) is 20.3 Å². The average Bonchev–Trinajstić information content (AvgIpc) is 2.63. The summed E-state index contributed by atoms with van der Waals surface area (Å²) in [6, 6.07) is 11.4. The number of carbonyl (C=O) groups excluding carboxylic acids is 2. The maximum absolute atomic E-state index is 13.6. The summed E-state index contributed by atoms with van der Waals surface area (Å²) in [5, 5.41) is 2.19. The van der Waals surface area contributed by atoms with E-state index < -0.39 is 35.7 Å². The van der Waals surface area contributed by atoms with Crippen LogP contribution in [0.2, 0.25) is 0 Å². The maximum Gasteiger partial charge on any atom is 0.348 e. The minimum atomic E-state index is -1.21. The van der Waals surface area contributed by atoms with Crippen molar-refractivity contribution in [3.63, 3.8) is 0 Å². The van der Waals surface area contributed by atoms with Crippen LogP contribution in [-0.2, 0) is 14.3 Å². The number of rotatable bonds is 7. The number of ether oxygens (including phenoxy) is 2. The van der Waals surface area contributed by atoms with E-state index in [-0.39, 0.29) is 5.69 Å². The summed E-state index contributed by atoms with van der Waals surface area (Å²) in [6.07, 6.45) is -1.77. The van der Waals surface area contributed by atoms with Crippen molar-refractivity contribution >= 4 is 17.6 Å². The van der Waals surface area contributed by atoms with E-state index >= 15 is 0 Å². The van der Waals surface area contributed by atoms with Crippen LogP contribution in [0.4, 0.5) is 14.5 Å². The number of amides is 1. The van der Waals surface area contributed by atoms with Crippen LogP contribution in [0.25, 0.3) is 0 Å². The Morgan fingerprint density at radius 1 is 1.12 bits per heavy atom. The zero-order valence-electron chi connectivity index (χ0n) is 14.4. The number of nitrogens with one attached hydrogen (secondary N) is 1. The van der Waals surface area contributed by atoms with Gasteiger partial charge < -0.3 is 14.8 Å². The van der Waals surface area contributed by atoms with Crippen molar-refractivity contribution in [2.75, 3.05) is 5.32 Å². The van der Waals surface area contributed by atoms with Gasteiger partial charge in [0, 0.05) is 6.07 Å². The molecule has 0 aliphatic heterocycles. The van der Waals surface area contributed by atoms with E-state index in [1.165, 1.54) is 6.92 Å². The van der Waals surface area contributed by atoms with Gasteiger partial charge >= 0.3 is 5.97 Å². The van der Waals surface area contributed by atoms with E-state index in [0.717, 1.165) is 18.2 Å². The quantitative estimate of drug-likeness (QED) is 0.762. The van der Waals surface area contributed by atoms with Gasteiger partial charge in [0.15, 0.2) is 12.2 Å². The molecule has 7 heteroatoms. The standard InChI is InChI=1S/C19H19F2NO4/c1-3-17(26-14-7-5-4-6-8-14)19(24)25-12(2)18(23)22-16-11-13(20)9-10-15(16)21/h4-12,17H,3H2,1-2H3,(H,22,23)/t12-,17-/m0/s1. The van der Waals surface area contributed by atoms with Crippen molar-refractivity contribution in [2.24, 2.45) is 0 Å². The SMILES string of the molecule is CC[C@H](Oc1ccccc1)C(=O)O[C@@H](C)C(=O)Nc1cc(F)ccc1F. The van der Waals surface area contributed by atoms with Crippen LogP contribution in [0.3, 0.4) is 0 Å². The molecule has 0 aliphatic rings. The maximum atomic E-state index is 13.6. The zero-order valence-corrected chi connectivity index (χ0v) is 14.4. The largest absolute Gasteiger partial charge is 0.479 e. The van der Waals surface area contributed by atoms with Gasteiger partial charge in [0.2, 0.25) is 0 Å². The molecule has 0 aliphatic carbocycles. The lowest BCUT2D eigenvalue weighted by Gasteiger charge is -2.19. The van der Waals surface area contributed by atoms with Crippen molar-refractivity contribution in [2.45, 2.75) is 32.5 Å². The third-order valence-electron chi connectivity index (χ3n) is 3.50. The number of anilines is 1. The van der Waals surface area contributed by atoms with E-state index in [1.807, 2.05) is 6.07 Å². The molecule has 5 nitrogen and oxygen atoms in total. The second-order valence-corrected chi connectivity index (χ2v) is 5.52. The van der Waals surface area contributed by atoms with Gasteiger partial charge in [0.05, 0.1) is 5.69 Å². The molecule has 2 atom stereocenters. The Kier molecular flexibility index (Phi) is 6.66.